The Labute approximate surface area is 368 Å². The summed E-state index contributed by atoms with van der Waals surface area (Å²) in [6, 6.07) is 84.8. The predicted octanol–water partition coefficient (Wildman–Crippen LogP) is 16.7. The van der Waals surface area contributed by atoms with Gasteiger partial charge in [0.15, 0.2) is 0 Å². The fraction of sp³-hybridized carbons (Fsp3) is 0.0492. The summed E-state index contributed by atoms with van der Waals surface area (Å²) < 4.78 is 2.40. The highest BCUT2D eigenvalue weighted by Crippen LogP contribution is 2.54. The maximum atomic E-state index is 2.49. The molecule has 298 valence electrons. The maximum absolute atomic E-state index is 2.49. The Kier molecular flexibility index (Phi) is 8.55. The first-order valence-electron chi connectivity index (χ1n) is 21.9. The third-order valence-electron chi connectivity index (χ3n) is 13.4. The summed E-state index contributed by atoms with van der Waals surface area (Å²) in [5.74, 6) is 0. The fourth-order valence-corrected chi connectivity index (χ4v) is 10.4. The lowest BCUT2D eigenvalue weighted by Crippen LogP contribution is -2.15. The molecule has 0 spiro atoms. The first-order valence-corrected chi connectivity index (χ1v) is 21.9. The van der Waals surface area contributed by atoms with Crippen LogP contribution in [0.5, 0.6) is 0 Å². The molecule has 0 radical (unpaired) electrons. The van der Waals surface area contributed by atoms with E-state index < -0.39 is 0 Å². The Hall–Kier alpha value is -7.94. The highest BCUT2D eigenvalue weighted by molar-refractivity contribution is 6.10. The molecule has 0 fully saturated rings. The van der Waals surface area contributed by atoms with Crippen LogP contribution in [0.2, 0.25) is 0 Å². The number of fused-ring (bicyclic) bond motifs is 7. The van der Waals surface area contributed by atoms with Crippen LogP contribution in [0.25, 0.3) is 82.8 Å². The monoisotopic (exact) mass is 804 g/mol. The van der Waals surface area contributed by atoms with Gasteiger partial charge in [-0.15, -0.1) is 0 Å². The first kappa shape index (κ1) is 36.9. The summed E-state index contributed by atoms with van der Waals surface area (Å²) >= 11 is 0. The predicted molar refractivity (Wildman–Crippen MR) is 267 cm³/mol. The lowest BCUT2D eigenvalue weighted by atomic mass is 9.82. The number of benzene rings is 10. The molecule has 1 aliphatic rings. The van der Waals surface area contributed by atoms with Crippen LogP contribution in [-0.2, 0) is 5.41 Å². The van der Waals surface area contributed by atoms with Crippen molar-refractivity contribution in [2.75, 3.05) is 4.90 Å². The summed E-state index contributed by atoms with van der Waals surface area (Å²) in [6.45, 7) is 4.73. The lowest BCUT2D eigenvalue weighted by Gasteiger charge is -2.31. The number of anilines is 3. The zero-order valence-corrected chi connectivity index (χ0v) is 35.3. The van der Waals surface area contributed by atoms with E-state index in [9.17, 15) is 0 Å². The lowest BCUT2D eigenvalue weighted by molar-refractivity contribution is 0.660. The van der Waals surface area contributed by atoms with Crippen LogP contribution in [0, 0.1) is 0 Å². The van der Waals surface area contributed by atoms with Crippen molar-refractivity contribution < 1.29 is 0 Å². The van der Waals surface area contributed by atoms with Gasteiger partial charge in [0.1, 0.15) is 0 Å². The smallest absolute Gasteiger partial charge is 0.0547 e. The molecule has 11 aromatic rings. The molecule has 0 amide bonds. The highest BCUT2D eigenvalue weighted by atomic mass is 15.1. The molecule has 1 aromatic heterocycles. The minimum absolute atomic E-state index is 0.110. The highest BCUT2D eigenvalue weighted by Gasteiger charge is 2.37. The molecule has 63 heavy (non-hydrogen) atoms. The van der Waals surface area contributed by atoms with Crippen molar-refractivity contribution in [1.82, 2.24) is 4.57 Å². The molecule has 1 aliphatic carbocycles. The summed E-state index contributed by atoms with van der Waals surface area (Å²) in [6.07, 6.45) is 0. The van der Waals surface area contributed by atoms with E-state index in [1.807, 2.05) is 0 Å². The van der Waals surface area contributed by atoms with E-state index in [4.69, 9.17) is 0 Å². The summed E-state index contributed by atoms with van der Waals surface area (Å²) in [4.78, 5) is 2.49. The summed E-state index contributed by atoms with van der Waals surface area (Å²) in [5.41, 5.74) is 19.2. The molecule has 0 bridgehead atoms. The second-order valence-corrected chi connectivity index (χ2v) is 17.3. The standard InChI is InChI=1S/C61H44N2/c1-61(2)54-29-12-8-27-53(54)60-52(28-17-30-55(60)61)50-26-11-15-33-58(50)63(56-31-13-9-24-48(56)45-35-34-41-18-6-7-19-42(41)38-45)47-23-16-20-43(39-47)44-36-37-51-49-25-10-14-32-57(49)62(59(51)40-44)46-21-4-3-5-22-46/h3-40H,1-2H3. The average Bonchev–Trinajstić information content (AvgIpc) is 3.80. The molecule has 0 saturated carbocycles. The van der Waals surface area contributed by atoms with Gasteiger partial charge in [0.25, 0.3) is 0 Å². The summed E-state index contributed by atoms with van der Waals surface area (Å²) in [5, 5.41) is 4.96. The average molecular weight is 805 g/mol. The molecule has 0 saturated heterocycles. The molecular weight excluding hydrogens is 761 g/mol. The van der Waals surface area contributed by atoms with E-state index in [0.717, 1.165) is 28.3 Å². The Morgan fingerprint density at radius 2 is 0.968 bits per heavy atom. The number of para-hydroxylation sites is 4. The molecule has 0 N–H and O–H groups in total. The number of rotatable bonds is 7. The molecule has 12 rings (SSSR count). The molecule has 2 nitrogen and oxygen atoms in total. The molecule has 2 heteroatoms. The van der Waals surface area contributed by atoms with Crippen LogP contribution in [0.3, 0.4) is 0 Å². The fourth-order valence-electron chi connectivity index (χ4n) is 10.4. The topological polar surface area (TPSA) is 8.17 Å². The molecule has 10 aromatic carbocycles. The van der Waals surface area contributed by atoms with E-state index in [0.29, 0.717) is 0 Å². The Morgan fingerprint density at radius 1 is 0.365 bits per heavy atom. The van der Waals surface area contributed by atoms with E-state index >= 15 is 0 Å². The van der Waals surface area contributed by atoms with Crippen molar-refractivity contribution in [2.24, 2.45) is 0 Å². The van der Waals surface area contributed by atoms with Gasteiger partial charge >= 0.3 is 0 Å². The van der Waals surface area contributed by atoms with Crippen molar-refractivity contribution in [2.45, 2.75) is 19.3 Å². The van der Waals surface area contributed by atoms with Crippen LogP contribution in [0.15, 0.2) is 231 Å². The van der Waals surface area contributed by atoms with Gasteiger partial charge in [-0.3, -0.25) is 0 Å². The number of aromatic nitrogens is 1. The van der Waals surface area contributed by atoms with Gasteiger partial charge in [0.05, 0.1) is 22.4 Å². The molecule has 0 atom stereocenters. The van der Waals surface area contributed by atoms with Gasteiger partial charge in [0, 0.05) is 38.7 Å². The van der Waals surface area contributed by atoms with Crippen molar-refractivity contribution in [3.63, 3.8) is 0 Å². The third-order valence-corrected chi connectivity index (χ3v) is 13.4. The van der Waals surface area contributed by atoms with Crippen molar-refractivity contribution >= 4 is 49.6 Å². The minimum atomic E-state index is -0.110. The van der Waals surface area contributed by atoms with Crippen LogP contribution >= 0.6 is 0 Å². The van der Waals surface area contributed by atoms with Gasteiger partial charge < -0.3 is 9.47 Å². The van der Waals surface area contributed by atoms with E-state index in [-0.39, 0.29) is 5.41 Å². The SMILES string of the molecule is CC1(C)c2ccccc2-c2c(-c3ccccc3N(c3cccc(-c4ccc5c6ccccc6n(-c6ccccc6)c5c4)c3)c3ccccc3-c3ccc4ccccc4c3)cccc21. The van der Waals surface area contributed by atoms with Gasteiger partial charge in [-0.25, -0.2) is 0 Å². The first-order chi connectivity index (χ1) is 31.0. The largest absolute Gasteiger partial charge is 0.309 e. The molecule has 0 unspecified atom stereocenters. The molecule has 0 aliphatic heterocycles. The molecular formula is C61H44N2. The zero-order chi connectivity index (χ0) is 42.1. The number of hydrogen-bond donors (Lipinski definition) is 0. The number of nitrogens with zero attached hydrogens (tertiary/aromatic N) is 2. The van der Waals surface area contributed by atoms with Crippen LogP contribution < -0.4 is 4.90 Å². The zero-order valence-electron chi connectivity index (χ0n) is 35.3. The van der Waals surface area contributed by atoms with Gasteiger partial charge in [0.2, 0.25) is 0 Å². The van der Waals surface area contributed by atoms with Crippen LogP contribution in [0.1, 0.15) is 25.0 Å². The summed E-state index contributed by atoms with van der Waals surface area (Å²) in [7, 11) is 0. The van der Waals surface area contributed by atoms with Crippen LogP contribution in [-0.4, -0.2) is 4.57 Å². The third kappa shape index (κ3) is 5.94. The van der Waals surface area contributed by atoms with Crippen molar-refractivity contribution in [1.29, 1.82) is 0 Å². The van der Waals surface area contributed by atoms with Gasteiger partial charge in [-0.1, -0.05) is 190 Å². The van der Waals surface area contributed by atoms with Gasteiger partial charge in [-0.05, 0) is 110 Å². The van der Waals surface area contributed by atoms with E-state index in [1.165, 1.54) is 82.6 Å². The maximum Gasteiger partial charge on any atom is 0.0547 e. The minimum Gasteiger partial charge on any atom is -0.309 e. The Morgan fingerprint density at radius 3 is 1.83 bits per heavy atom. The number of hydrogen-bond acceptors (Lipinski definition) is 1. The Balaban J connectivity index is 1.09. The second kappa shape index (κ2) is 14.6. The van der Waals surface area contributed by atoms with Crippen molar-refractivity contribution in [3.05, 3.63) is 242 Å². The Bertz CT molecular complexity index is 3550. The van der Waals surface area contributed by atoms with E-state index in [1.54, 1.807) is 0 Å². The quantitative estimate of drug-likeness (QED) is 0.156. The van der Waals surface area contributed by atoms with Crippen molar-refractivity contribution in [3.8, 4) is 50.2 Å². The molecule has 1 heterocycles. The van der Waals surface area contributed by atoms with E-state index in [2.05, 4.69) is 254 Å². The van der Waals surface area contributed by atoms with Crippen LogP contribution in [0.4, 0.5) is 17.1 Å². The normalized spacial score (nSPS) is 12.7. The second-order valence-electron chi connectivity index (χ2n) is 17.3. The van der Waals surface area contributed by atoms with Gasteiger partial charge in [-0.2, -0.15) is 0 Å².